The predicted octanol–water partition coefficient (Wildman–Crippen LogP) is 1.60. The van der Waals surface area contributed by atoms with Crippen LogP contribution in [0.5, 0.6) is 11.5 Å². The van der Waals surface area contributed by atoms with Gasteiger partial charge in [-0.05, 0) is 30.3 Å². The molecule has 2 rings (SSSR count). The summed E-state index contributed by atoms with van der Waals surface area (Å²) in [5.41, 5.74) is 4.24. The van der Waals surface area contributed by atoms with E-state index in [1.54, 1.807) is 18.2 Å². The van der Waals surface area contributed by atoms with Gasteiger partial charge in [0.2, 0.25) is 0 Å². The molecule has 1 atom stereocenters. The van der Waals surface area contributed by atoms with Crippen LogP contribution >= 0.6 is 0 Å². The van der Waals surface area contributed by atoms with Crippen molar-refractivity contribution in [2.75, 3.05) is 20.8 Å². The molecule has 0 spiro atoms. The maximum absolute atomic E-state index is 13.0. The van der Waals surface area contributed by atoms with Crippen molar-refractivity contribution in [2.45, 2.75) is 10.1 Å². The number of hydrogen-bond acceptors (Lipinski definition) is 4. The average molecular weight is 340 g/mol. The normalized spacial score (nSPS) is 12.7. The van der Waals surface area contributed by atoms with Crippen molar-refractivity contribution in [2.24, 2.45) is 0 Å². The topological polar surface area (TPSA) is 80.2 Å². The van der Waals surface area contributed by atoms with E-state index in [-0.39, 0.29) is 11.4 Å². The van der Waals surface area contributed by atoms with Gasteiger partial charge in [-0.3, -0.25) is 0 Å². The molecule has 7 heteroatoms. The third-order valence-electron chi connectivity index (χ3n) is 3.57. The van der Waals surface area contributed by atoms with Crippen LogP contribution in [0.3, 0.4) is 0 Å². The van der Waals surface area contributed by atoms with Gasteiger partial charge < -0.3 is 15.2 Å². The number of benzene rings is 2. The van der Waals surface area contributed by atoms with Gasteiger partial charge in [0, 0.05) is 11.6 Å². The zero-order chi connectivity index (χ0) is 17.0. The summed E-state index contributed by atoms with van der Waals surface area (Å²) in [5, 5.41) is -0.895. The zero-order valence-corrected chi connectivity index (χ0v) is 13.8. The van der Waals surface area contributed by atoms with E-state index in [9.17, 15) is 12.8 Å². The van der Waals surface area contributed by atoms with E-state index in [1.165, 1.54) is 26.4 Å². The van der Waals surface area contributed by atoms with E-state index < -0.39 is 20.9 Å². The quantitative estimate of drug-likeness (QED) is 0.810. The van der Waals surface area contributed by atoms with Gasteiger partial charge in [-0.1, -0.05) is 6.07 Å². The first-order chi connectivity index (χ1) is 10.9. The van der Waals surface area contributed by atoms with E-state index in [0.29, 0.717) is 17.1 Å². The van der Waals surface area contributed by atoms with Crippen LogP contribution in [0.4, 0.5) is 4.39 Å². The van der Waals surface area contributed by atoms with E-state index in [0.717, 1.165) is 12.1 Å². The predicted molar refractivity (Wildman–Crippen MR) is 83.6 cm³/mol. The lowest BCUT2D eigenvalue weighted by molar-refractivity contribution is -0.367. The molecule has 0 unspecified atom stereocenters. The number of rotatable bonds is 6. The van der Waals surface area contributed by atoms with Crippen LogP contribution in [0.2, 0.25) is 0 Å². The van der Waals surface area contributed by atoms with Gasteiger partial charge in [-0.2, -0.15) is 0 Å². The van der Waals surface area contributed by atoms with Gasteiger partial charge in [-0.25, -0.2) is 12.8 Å². The smallest absolute Gasteiger partial charge is 0.191 e. The zero-order valence-electron chi connectivity index (χ0n) is 13.0. The Morgan fingerprint density at radius 2 is 1.74 bits per heavy atom. The van der Waals surface area contributed by atoms with E-state index in [4.69, 9.17) is 9.47 Å². The lowest BCUT2D eigenvalue weighted by atomic mass is 10.1. The minimum atomic E-state index is -3.72. The molecule has 0 saturated carbocycles. The van der Waals surface area contributed by atoms with Crippen LogP contribution in [-0.2, 0) is 9.84 Å². The van der Waals surface area contributed by atoms with Crippen LogP contribution < -0.4 is 15.2 Å². The van der Waals surface area contributed by atoms with E-state index in [2.05, 4.69) is 5.73 Å². The second-order valence-electron chi connectivity index (χ2n) is 4.88. The molecular formula is C16H19FNO4S+. The number of sulfone groups is 1. The Morgan fingerprint density at radius 1 is 1.09 bits per heavy atom. The molecule has 0 amide bonds. The Hall–Kier alpha value is -2.12. The van der Waals surface area contributed by atoms with Gasteiger partial charge in [0.25, 0.3) is 0 Å². The first-order valence-electron chi connectivity index (χ1n) is 6.94. The molecule has 0 saturated heterocycles. The van der Waals surface area contributed by atoms with Crippen LogP contribution in [0, 0.1) is 5.82 Å². The van der Waals surface area contributed by atoms with Crippen molar-refractivity contribution in [1.82, 2.24) is 0 Å². The number of halogens is 1. The average Bonchev–Trinajstić information content (AvgIpc) is 2.56. The third kappa shape index (κ3) is 3.46. The van der Waals surface area contributed by atoms with E-state index in [1.807, 2.05) is 0 Å². The monoisotopic (exact) mass is 340 g/mol. The molecule has 23 heavy (non-hydrogen) atoms. The molecule has 0 fully saturated rings. The molecule has 5 nitrogen and oxygen atoms in total. The maximum atomic E-state index is 13.0. The maximum Gasteiger partial charge on any atom is 0.191 e. The van der Waals surface area contributed by atoms with Crippen molar-refractivity contribution >= 4 is 9.84 Å². The standard InChI is InChI=1S/C16H18FNO4S/c1-21-12-5-8-14(15(9-12)22-2)16(10-18)23(19,20)13-6-3-11(17)4-7-13/h3-9,16H,10,18H2,1-2H3/p+1/t16-/m1/s1. The second kappa shape index (κ2) is 6.97. The summed E-state index contributed by atoms with van der Waals surface area (Å²) in [7, 11) is -0.745. The van der Waals surface area contributed by atoms with Crippen molar-refractivity contribution in [3.63, 3.8) is 0 Å². The lowest BCUT2D eigenvalue weighted by Gasteiger charge is -2.18. The van der Waals surface area contributed by atoms with Gasteiger partial charge in [0.05, 0.1) is 25.7 Å². The van der Waals surface area contributed by atoms with Crippen LogP contribution in [0.1, 0.15) is 10.8 Å². The molecule has 0 aliphatic carbocycles. The molecule has 124 valence electrons. The molecule has 0 aliphatic heterocycles. The Bertz CT molecular complexity index is 775. The molecule has 3 N–H and O–H groups in total. The second-order valence-corrected chi connectivity index (χ2v) is 7.01. The van der Waals surface area contributed by atoms with Crippen LogP contribution in [0.25, 0.3) is 0 Å². The van der Waals surface area contributed by atoms with Crippen molar-refractivity contribution in [1.29, 1.82) is 0 Å². The molecule has 0 aromatic heterocycles. The summed E-state index contributed by atoms with van der Waals surface area (Å²) in [6.07, 6.45) is 0. The van der Waals surface area contributed by atoms with Crippen LogP contribution in [-0.4, -0.2) is 29.2 Å². The molecule has 0 heterocycles. The van der Waals surface area contributed by atoms with Gasteiger partial charge in [-0.15, -0.1) is 0 Å². The van der Waals surface area contributed by atoms with Gasteiger partial charge in [0.1, 0.15) is 22.6 Å². The minimum absolute atomic E-state index is 0.0467. The molecule has 2 aromatic carbocycles. The fraction of sp³-hybridized carbons (Fsp3) is 0.250. The summed E-state index contributed by atoms with van der Waals surface area (Å²) in [6, 6.07) is 9.69. The molecule has 0 bridgehead atoms. The number of ether oxygens (including phenoxy) is 2. The lowest BCUT2D eigenvalue weighted by Crippen LogP contribution is -2.54. The Balaban J connectivity index is 2.52. The summed E-state index contributed by atoms with van der Waals surface area (Å²) >= 11 is 0. The summed E-state index contributed by atoms with van der Waals surface area (Å²) in [5.74, 6) is 0.480. The summed E-state index contributed by atoms with van der Waals surface area (Å²) in [6.45, 7) is 0.113. The SMILES string of the molecule is COc1ccc([C@@H](C[NH3+])S(=O)(=O)c2ccc(F)cc2)c(OC)c1. The van der Waals surface area contributed by atoms with Crippen molar-refractivity contribution in [3.05, 3.63) is 53.8 Å². The first kappa shape index (κ1) is 17.2. The third-order valence-corrected chi connectivity index (χ3v) is 5.73. The highest BCUT2D eigenvalue weighted by Crippen LogP contribution is 2.35. The summed E-state index contributed by atoms with van der Waals surface area (Å²) in [4.78, 5) is 0.0467. The largest absolute Gasteiger partial charge is 0.497 e. The molecule has 2 aromatic rings. The Kier molecular flexibility index (Phi) is 5.23. The highest BCUT2D eigenvalue weighted by molar-refractivity contribution is 7.91. The number of hydrogen-bond donors (Lipinski definition) is 1. The first-order valence-corrected chi connectivity index (χ1v) is 8.49. The fourth-order valence-corrected chi connectivity index (χ4v) is 4.03. The van der Waals surface area contributed by atoms with Gasteiger partial charge in [0.15, 0.2) is 9.84 Å². The Labute approximate surface area is 134 Å². The molecular weight excluding hydrogens is 321 g/mol. The highest BCUT2D eigenvalue weighted by atomic mass is 32.2. The Morgan fingerprint density at radius 3 is 2.26 bits per heavy atom. The van der Waals surface area contributed by atoms with E-state index >= 15 is 0 Å². The summed E-state index contributed by atoms with van der Waals surface area (Å²) < 4.78 is 49.1. The minimum Gasteiger partial charge on any atom is -0.497 e. The van der Waals surface area contributed by atoms with Crippen molar-refractivity contribution < 1.29 is 28.0 Å². The van der Waals surface area contributed by atoms with Crippen LogP contribution in [0.15, 0.2) is 47.4 Å². The number of methoxy groups -OCH3 is 2. The highest BCUT2D eigenvalue weighted by Gasteiger charge is 2.32. The fourth-order valence-electron chi connectivity index (χ4n) is 2.35. The molecule has 0 radical (unpaired) electrons. The molecule has 0 aliphatic rings. The van der Waals surface area contributed by atoms with Gasteiger partial charge >= 0.3 is 0 Å². The number of quaternary nitrogens is 1. The van der Waals surface area contributed by atoms with Crippen molar-refractivity contribution in [3.8, 4) is 11.5 Å².